The minimum absolute atomic E-state index is 0.0231. The molecule has 0 saturated heterocycles. The van der Waals surface area contributed by atoms with E-state index in [4.69, 9.17) is 4.74 Å². The Morgan fingerprint density at radius 1 is 1.18 bits per heavy atom. The molecule has 1 aromatic carbocycles. The Kier molecular flexibility index (Phi) is 10.8. The van der Waals surface area contributed by atoms with E-state index in [9.17, 15) is 19.2 Å². The van der Waals surface area contributed by atoms with Crippen molar-refractivity contribution in [2.75, 3.05) is 40.3 Å². The molecule has 2 rings (SSSR count). The molecule has 1 aliphatic heterocycles. The number of carbonyl (C=O) groups is 4. The predicted octanol–water partition coefficient (Wildman–Crippen LogP) is 0.283. The second kappa shape index (κ2) is 13.5. The Morgan fingerprint density at radius 3 is 2.62 bits per heavy atom. The third-order valence-electron chi connectivity index (χ3n) is 5.42. The fourth-order valence-corrected chi connectivity index (χ4v) is 3.52. The van der Waals surface area contributed by atoms with Crippen molar-refractivity contribution in [2.45, 2.75) is 45.2 Å². The number of amides is 4. The highest BCUT2D eigenvalue weighted by molar-refractivity contribution is 5.99. The maximum Gasteiger partial charge on any atom is 0.255 e. The zero-order valence-electron chi connectivity index (χ0n) is 20.5. The van der Waals surface area contributed by atoms with Crippen molar-refractivity contribution in [2.24, 2.45) is 5.92 Å². The van der Waals surface area contributed by atoms with Crippen LogP contribution in [-0.4, -0.2) is 80.9 Å². The van der Waals surface area contributed by atoms with E-state index in [0.29, 0.717) is 12.3 Å². The van der Waals surface area contributed by atoms with E-state index >= 15 is 0 Å². The number of rotatable bonds is 6. The first-order valence-corrected chi connectivity index (χ1v) is 11.7. The van der Waals surface area contributed by atoms with Gasteiger partial charge < -0.3 is 30.9 Å². The molecule has 1 heterocycles. The number of benzene rings is 1. The first-order valence-electron chi connectivity index (χ1n) is 11.7. The van der Waals surface area contributed by atoms with Gasteiger partial charge in [0.25, 0.3) is 5.91 Å². The molecular weight excluding hydrogens is 438 g/mol. The van der Waals surface area contributed by atoms with E-state index in [1.807, 2.05) is 32.8 Å². The lowest BCUT2D eigenvalue weighted by Gasteiger charge is -2.22. The summed E-state index contributed by atoms with van der Waals surface area (Å²) in [6, 6.07) is 5.09. The molecule has 0 fully saturated rings. The summed E-state index contributed by atoms with van der Waals surface area (Å²) in [5.74, 6) is -1.27. The smallest absolute Gasteiger partial charge is 0.255 e. The molecule has 0 unspecified atom stereocenters. The van der Waals surface area contributed by atoms with Crippen LogP contribution in [0.1, 0.15) is 43.5 Å². The van der Waals surface area contributed by atoms with E-state index in [-0.39, 0.29) is 55.2 Å². The lowest BCUT2D eigenvalue weighted by molar-refractivity contribution is -0.130. The van der Waals surface area contributed by atoms with Gasteiger partial charge in [-0.05, 0) is 51.5 Å². The van der Waals surface area contributed by atoms with Crippen LogP contribution in [0.2, 0.25) is 0 Å². The van der Waals surface area contributed by atoms with E-state index in [2.05, 4.69) is 21.3 Å². The number of para-hydroxylation sites is 1. The third kappa shape index (κ3) is 8.66. The summed E-state index contributed by atoms with van der Waals surface area (Å²) in [5, 5.41) is 11.1. The van der Waals surface area contributed by atoms with Crippen LogP contribution >= 0.6 is 0 Å². The maximum atomic E-state index is 13.0. The van der Waals surface area contributed by atoms with Gasteiger partial charge in [-0.3, -0.25) is 19.2 Å². The van der Waals surface area contributed by atoms with Crippen molar-refractivity contribution in [3.63, 3.8) is 0 Å². The monoisotopic (exact) mass is 475 g/mol. The van der Waals surface area contributed by atoms with Crippen LogP contribution in [0.4, 0.5) is 0 Å². The zero-order valence-corrected chi connectivity index (χ0v) is 20.5. The lowest BCUT2D eigenvalue weighted by Crippen LogP contribution is -2.51. The SMILES string of the molecule is CC(C)[C@H]1NC(=O)CC[C@@H](C(=O)NCCCN(C)C)NC(=O)c2ccccc2OCCNC1=O. The molecule has 34 heavy (non-hydrogen) atoms. The average Bonchev–Trinajstić information content (AvgIpc) is 2.79. The van der Waals surface area contributed by atoms with E-state index in [1.54, 1.807) is 24.3 Å². The molecular formula is C24H37N5O5. The number of carbonyl (C=O) groups excluding carboxylic acids is 4. The zero-order chi connectivity index (χ0) is 25.1. The predicted molar refractivity (Wildman–Crippen MR) is 128 cm³/mol. The minimum Gasteiger partial charge on any atom is -0.491 e. The van der Waals surface area contributed by atoms with Crippen molar-refractivity contribution in [3.8, 4) is 5.75 Å². The van der Waals surface area contributed by atoms with Crippen LogP contribution in [0, 0.1) is 5.92 Å². The summed E-state index contributed by atoms with van der Waals surface area (Å²) >= 11 is 0. The molecule has 1 aliphatic rings. The van der Waals surface area contributed by atoms with Crippen molar-refractivity contribution < 1.29 is 23.9 Å². The van der Waals surface area contributed by atoms with Gasteiger partial charge >= 0.3 is 0 Å². The minimum atomic E-state index is -0.915. The molecule has 0 saturated carbocycles. The number of ether oxygens (including phenoxy) is 1. The Morgan fingerprint density at radius 2 is 1.91 bits per heavy atom. The molecule has 4 N–H and O–H groups in total. The van der Waals surface area contributed by atoms with E-state index in [1.165, 1.54) is 0 Å². The second-order valence-corrected chi connectivity index (χ2v) is 8.94. The molecule has 0 bridgehead atoms. The van der Waals surface area contributed by atoms with Gasteiger partial charge in [0.15, 0.2) is 0 Å². The third-order valence-corrected chi connectivity index (χ3v) is 5.42. The number of nitrogens with one attached hydrogen (secondary N) is 4. The fourth-order valence-electron chi connectivity index (χ4n) is 3.52. The Labute approximate surface area is 201 Å². The fraction of sp³-hybridized carbons (Fsp3) is 0.583. The van der Waals surface area contributed by atoms with Gasteiger partial charge in [0.2, 0.25) is 17.7 Å². The van der Waals surface area contributed by atoms with Crippen molar-refractivity contribution in [1.29, 1.82) is 0 Å². The highest BCUT2D eigenvalue weighted by Gasteiger charge is 2.27. The topological polar surface area (TPSA) is 129 Å². The first kappa shape index (κ1) is 27.1. The standard InChI is InChI=1S/C24H37N5O5/c1-16(2)21-24(33)26-13-15-34-19-9-6-5-8-17(19)22(31)27-18(10-11-20(30)28-21)23(32)25-12-7-14-29(3)4/h5-6,8-9,16,18,21H,7,10-15H2,1-4H3,(H,25,32)(H,26,33)(H,27,31)(H,28,30)/t18-,21+/m0/s1. The molecule has 0 spiro atoms. The van der Waals surface area contributed by atoms with Gasteiger partial charge in [0.05, 0.1) is 12.1 Å². The van der Waals surface area contributed by atoms with Gasteiger partial charge in [0.1, 0.15) is 24.4 Å². The molecule has 2 atom stereocenters. The molecule has 0 radical (unpaired) electrons. The first-order chi connectivity index (χ1) is 16.2. The number of nitrogens with zero attached hydrogens (tertiary/aromatic N) is 1. The van der Waals surface area contributed by atoms with Crippen molar-refractivity contribution >= 4 is 23.6 Å². The van der Waals surface area contributed by atoms with E-state index in [0.717, 1.165) is 13.0 Å². The van der Waals surface area contributed by atoms with Crippen LogP contribution in [-0.2, 0) is 14.4 Å². The molecule has 0 aliphatic carbocycles. The Bertz CT molecular complexity index is 858. The van der Waals surface area contributed by atoms with Crippen molar-refractivity contribution in [1.82, 2.24) is 26.2 Å². The van der Waals surface area contributed by atoms with Crippen LogP contribution in [0.5, 0.6) is 5.75 Å². The van der Waals surface area contributed by atoms with Gasteiger partial charge in [-0.2, -0.15) is 0 Å². The number of fused-ring (bicyclic) bond motifs is 1. The highest BCUT2D eigenvalue weighted by Crippen LogP contribution is 2.18. The Hall–Kier alpha value is -3.14. The summed E-state index contributed by atoms with van der Waals surface area (Å²) in [6.07, 6.45) is 0.818. The summed E-state index contributed by atoms with van der Waals surface area (Å²) in [4.78, 5) is 53.1. The van der Waals surface area contributed by atoms with Gasteiger partial charge in [-0.25, -0.2) is 0 Å². The van der Waals surface area contributed by atoms with E-state index < -0.39 is 18.0 Å². The summed E-state index contributed by atoms with van der Waals surface area (Å²) in [5.41, 5.74) is 0.276. The second-order valence-electron chi connectivity index (χ2n) is 8.94. The van der Waals surface area contributed by atoms with Crippen molar-refractivity contribution in [3.05, 3.63) is 29.8 Å². The van der Waals surface area contributed by atoms with Crippen LogP contribution < -0.4 is 26.0 Å². The number of hydrogen-bond acceptors (Lipinski definition) is 6. The van der Waals surface area contributed by atoms with Gasteiger partial charge in [0, 0.05) is 13.0 Å². The molecule has 188 valence electrons. The quantitative estimate of drug-likeness (QED) is 0.438. The summed E-state index contributed by atoms with van der Waals surface area (Å²) < 4.78 is 5.73. The largest absolute Gasteiger partial charge is 0.491 e. The molecule has 4 amide bonds. The molecule has 10 nitrogen and oxygen atoms in total. The van der Waals surface area contributed by atoms with Crippen LogP contribution in [0.15, 0.2) is 24.3 Å². The lowest BCUT2D eigenvalue weighted by atomic mass is 10.0. The highest BCUT2D eigenvalue weighted by atomic mass is 16.5. The maximum absolute atomic E-state index is 13.0. The van der Waals surface area contributed by atoms with Gasteiger partial charge in [-0.1, -0.05) is 26.0 Å². The normalized spacial score (nSPS) is 20.2. The summed E-state index contributed by atoms with van der Waals surface area (Å²) in [7, 11) is 3.90. The Balaban J connectivity index is 2.22. The molecule has 10 heteroatoms. The van der Waals surface area contributed by atoms with Gasteiger partial charge in [-0.15, -0.1) is 0 Å². The van der Waals surface area contributed by atoms with Crippen LogP contribution in [0.3, 0.4) is 0 Å². The summed E-state index contributed by atoms with van der Waals surface area (Å²) in [6.45, 7) is 5.30. The number of hydrogen-bond donors (Lipinski definition) is 4. The molecule has 0 aromatic heterocycles. The average molecular weight is 476 g/mol. The molecule has 1 aromatic rings. The van der Waals surface area contributed by atoms with Crippen LogP contribution in [0.25, 0.3) is 0 Å².